The first-order chi connectivity index (χ1) is 11.6. The number of hydrogen-bond acceptors (Lipinski definition) is 5. The Bertz CT molecular complexity index is 988. The monoisotopic (exact) mass is 342 g/mol. The van der Waals surface area contributed by atoms with Gasteiger partial charge in [-0.25, -0.2) is 4.79 Å². The van der Waals surface area contributed by atoms with E-state index < -0.39 is 5.97 Å². The predicted octanol–water partition coefficient (Wildman–Crippen LogP) is 4.41. The summed E-state index contributed by atoms with van der Waals surface area (Å²) in [6, 6.07) is 8.75. The molecule has 0 aliphatic heterocycles. The van der Waals surface area contributed by atoms with Crippen LogP contribution in [0.25, 0.3) is 21.9 Å². The van der Waals surface area contributed by atoms with Crippen molar-refractivity contribution in [3.8, 4) is 0 Å². The highest BCUT2D eigenvalue weighted by molar-refractivity contribution is 7.99. The highest BCUT2D eigenvalue weighted by Gasteiger charge is 2.14. The quantitative estimate of drug-likeness (QED) is 0.399. The van der Waals surface area contributed by atoms with Crippen LogP contribution in [0.15, 0.2) is 44.4 Å². The fraction of sp³-hybridized carbons (Fsp3) is 0.263. The second kappa shape index (κ2) is 6.69. The first-order valence-electron chi connectivity index (χ1n) is 7.83. The molecule has 0 amide bonds. The van der Waals surface area contributed by atoms with E-state index in [9.17, 15) is 9.59 Å². The Morgan fingerprint density at radius 2 is 1.96 bits per heavy atom. The van der Waals surface area contributed by atoms with Crippen molar-refractivity contribution in [2.75, 3.05) is 12.9 Å². The molecule has 1 heterocycles. The molecule has 0 atom stereocenters. The Hall–Kier alpha value is -2.27. The Kier molecular flexibility index (Phi) is 4.62. The number of methoxy groups -OCH3 is 1. The van der Waals surface area contributed by atoms with Gasteiger partial charge in [-0.15, -0.1) is 11.8 Å². The van der Waals surface area contributed by atoms with Gasteiger partial charge in [0.25, 0.3) is 0 Å². The molecule has 2 aromatic carbocycles. The number of aryl methyl sites for hydroxylation is 1. The SMILES string of the molecule is CCSc1cc(CC)c2oc3ccc(C(=O)OC)cc3c(=O)c2c1. The summed E-state index contributed by atoms with van der Waals surface area (Å²) < 4.78 is 10.7. The molecule has 0 N–H and O–H groups in total. The van der Waals surface area contributed by atoms with E-state index in [0.29, 0.717) is 27.5 Å². The van der Waals surface area contributed by atoms with Crippen LogP contribution in [0.3, 0.4) is 0 Å². The maximum atomic E-state index is 13.0. The van der Waals surface area contributed by atoms with Gasteiger partial charge < -0.3 is 9.15 Å². The molecule has 4 nitrogen and oxygen atoms in total. The summed E-state index contributed by atoms with van der Waals surface area (Å²) in [5.74, 6) is 0.459. The van der Waals surface area contributed by atoms with E-state index >= 15 is 0 Å². The van der Waals surface area contributed by atoms with Gasteiger partial charge in [-0.1, -0.05) is 13.8 Å². The summed E-state index contributed by atoms with van der Waals surface area (Å²) in [4.78, 5) is 25.7. The lowest BCUT2D eigenvalue weighted by atomic mass is 10.1. The van der Waals surface area contributed by atoms with E-state index in [4.69, 9.17) is 9.15 Å². The Morgan fingerprint density at radius 3 is 2.62 bits per heavy atom. The molecule has 0 saturated heterocycles. The maximum absolute atomic E-state index is 13.0. The summed E-state index contributed by atoms with van der Waals surface area (Å²) in [6.45, 7) is 4.12. The van der Waals surface area contributed by atoms with Gasteiger partial charge in [-0.05, 0) is 48.1 Å². The van der Waals surface area contributed by atoms with Crippen molar-refractivity contribution in [2.24, 2.45) is 0 Å². The molecule has 0 aliphatic rings. The number of hydrogen-bond donors (Lipinski definition) is 0. The lowest BCUT2D eigenvalue weighted by Gasteiger charge is -2.09. The Labute approximate surface area is 143 Å². The number of fused-ring (bicyclic) bond motifs is 2. The smallest absolute Gasteiger partial charge is 0.337 e. The van der Waals surface area contributed by atoms with Gasteiger partial charge in [0.15, 0.2) is 0 Å². The standard InChI is InChI=1S/C19H18O4S/c1-4-11-8-13(24-5-2)10-15-17(20)14-9-12(19(21)22-3)6-7-16(14)23-18(11)15/h6-10H,4-5H2,1-3H3. The predicted molar refractivity (Wildman–Crippen MR) is 97.1 cm³/mol. The van der Waals surface area contributed by atoms with Crippen molar-refractivity contribution in [1.29, 1.82) is 0 Å². The van der Waals surface area contributed by atoms with E-state index in [-0.39, 0.29) is 5.43 Å². The second-order valence-electron chi connectivity index (χ2n) is 5.38. The van der Waals surface area contributed by atoms with E-state index in [1.807, 2.05) is 13.0 Å². The minimum atomic E-state index is -0.471. The van der Waals surface area contributed by atoms with Crippen molar-refractivity contribution >= 4 is 39.7 Å². The molecule has 0 radical (unpaired) electrons. The molecular formula is C19H18O4S. The third kappa shape index (κ3) is 2.80. The van der Waals surface area contributed by atoms with Gasteiger partial charge in [0.1, 0.15) is 11.2 Å². The fourth-order valence-electron chi connectivity index (χ4n) is 2.76. The summed E-state index contributed by atoms with van der Waals surface area (Å²) in [6.07, 6.45) is 0.781. The summed E-state index contributed by atoms with van der Waals surface area (Å²) >= 11 is 1.69. The van der Waals surface area contributed by atoms with Crippen LogP contribution in [0, 0.1) is 0 Å². The van der Waals surface area contributed by atoms with Gasteiger partial charge in [0, 0.05) is 4.90 Å². The zero-order valence-corrected chi connectivity index (χ0v) is 14.7. The first-order valence-corrected chi connectivity index (χ1v) is 8.82. The average Bonchev–Trinajstić information content (AvgIpc) is 2.61. The molecule has 0 aliphatic carbocycles. The zero-order chi connectivity index (χ0) is 17.3. The van der Waals surface area contributed by atoms with Crippen LogP contribution in [0.2, 0.25) is 0 Å². The zero-order valence-electron chi connectivity index (χ0n) is 13.8. The fourth-order valence-corrected chi connectivity index (χ4v) is 3.52. The van der Waals surface area contributed by atoms with E-state index in [1.165, 1.54) is 13.2 Å². The van der Waals surface area contributed by atoms with Gasteiger partial charge in [-0.2, -0.15) is 0 Å². The van der Waals surface area contributed by atoms with Crippen molar-refractivity contribution in [3.63, 3.8) is 0 Å². The summed E-state index contributed by atoms with van der Waals surface area (Å²) in [5.41, 5.74) is 2.34. The first kappa shape index (κ1) is 16.6. The number of carbonyl (C=O) groups is 1. The molecule has 24 heavy (non-hydrogen) atoms. The van der Waals surface area contributed by atoms with Crippen LogP contribution in [0.1, 0.15) is 29.8 Å². The van der Waals surface area contributed by atoms with Crippen LogP contribution < -0.4 is 5.43 Å². The number of thioether (sulfide) groups is 1. The number of benzene rings is 2. The Morgan fingerprint density at radius 1 is 1.17 bits per heavy atom. The molecule has 5 heteroatoms. The van der Waals surface area contributed by atoms with Crippen molar-refractivity contribution in [1.82, 2.24) is 0 Å². The third-order valence-electron chi connectivity index (χ3n) is 3.93. The van der Waals surface area contributed by atoms with Gasteiger partial charge in [-0.3, -0.25) is 4.79 Å². The molecule has 3 rings (SSSR count). The van der Waals surface area contributed by atoms with Crippen molar-refractivity contribution in [2.45, 2.75) is 25.2 Å². The number of esters is 1. The molecule has 3 aromatic rings. The normalized spacial score (nSPS) is 11.1. The average molecular weight is 342 g/mol. The topological polar surface area (TPSA) is 56.5 Å². The maximum Gasteiger partial charge on any atom is 0.337 e. The number of carbonyl (C=O) groups excluding carboxylic acids is 1. The van der Waals surface area contributed by atoms with E-state index in [0.717, 1.165) is 22.6 Å². The van der Waals surface area contributed by atoms with Crippen LogP contribution in [-0.2, 0) is 11.2 Å². The summed E-state index contributed by atoms with van der Waals surface area (Å²) in [5, 5.41) is 0.950. The minimum absolute atomic E-state index is 0.120. The lowest BCUT2D eigenvalue weighted by molar-refractivity contribution is 0.0601. The second-order valence-corrected chi connectivity index (χ2v) is 6.72. The van der Waals surface area contributed by atoms with Crippen LogP contribution in [0.4, 0.5) is 0 Å². The number of rotatable bonds is 4. The molecule has 0 fully saturated rings. The largest absolute Gasteiger partial charge is 0.465 e. The summed E-state index contributed by atoms with van der Waals surface area (Å²) in [7, 11) is 1.32. The molecular weight excluding hydrogens is 324 g/mol. The Balaban J connectivity index is 2.36. The lowest BCUT2D eigenvalue weighted by Crippen LogP contribution is -2.07. The molecule has 0 spiro atoms. The molecule has 0 saturated carbocycles. The minimum Gasteiger partial charge on any atom is -0.465 e. The van der Waals surface area contributed by atoms with Gasteiger partial charge in [0.05, 0.1) is 23.4 Å². The van der Waals surface area contributed by atoms with Crippen molar-refractivity contribution in [3.05, 3.63) is 51.7 Å². The molecule has 124 valence electrons. The van der Waals surface area contributed by atoms with E-state index in [2.05, 4.69) is 13.0 Å². The van der Waals surface area contributed by atoms with Gasteiger partial charge in [0.2, 0.25) is 5.43 Å². The van der Waals surface area contributed by atoms with Crippen LogP contribution in [0.5, 0.6) is 0 Å². The highest BCUT2D eigenvalue weighted by atomic mass is 32.2. The van der Waals surface area contributed by atoms with Crippen LogP contribution in [-0.4, -0.2) is 18.8 Å². The van der Waals surface area contributed by atoms with Crippen molar-refractivity contribution < 1.29 is 13.9 Å². The third-order valence-corrected chi connectivity index (χ3v) is 4.79. The van der Waals surface area contributed by atoms with Crippen LogP contribution >= 0.6 is 11.8 Å². The number of ether oxygens (including phenoxy) is 1. The van der Waals surface area contributed by atoms with Gasteiger partial charge >= 0.3 is 5.97 Å². The highest BCUT2D eigenvalue weighted by Crippen LogP contribution is 2.28. The molecule has 0 unspecified atom stereocenters. The molecule has 1 aromatic heterocycles. The molecule has 0 bridgehead atoms. The van der Waals surface area contributed by atoms with E-state index in [1.54, 1.807) is 23.9 Å².